The van der Waals surface area contributed by atoms with Crippen molar-refractivity contribution in [2.45, 2.75) is 32.0 Å². The number of aliphatic hydroxyl groups is 2. The van der Waals surface area contributed by atoms with Crippen LogP contribution in [0, 0.1) is 11.7 Å². The quantitative estimate of drug-likeness (QED) is 0.876. The first-order valence-corrected chi connectivity index (χ1v) is 6.90. The molecule has 19 heavy (non-hydrogen) atoms. The van der Waals surface area contributed by atoms with E-state index in [0.29, 0.717) is 18.9 Å². The zero-order valence-electron chi connectivity index (χ0n) is 11.3. The summed E-state index contributed by atoms with van der Waals surface area (Å²) in [4.78, 5) is 2.18. The lowest BCUT2D eigenvalue weighted by Crippen LogP contribution is -2.43. The maximum absolute atomic E-state index is 12.8. The number of hydrogen-bond acceptors (Lipinski definition) is 3. The second-order valence-corrected chi connectivity index (χ2v) is 5.49. The lowest BCUT2D eigenvalue weighted by atomic mass is 9.95. The summed E-state index contributed by atoms with van der Waals surface area (Å²) in [5.41, 5.74) is 0.743. The molecule has 0 spiro atoms. The van der Waals surface area contributed by atoms with Crippen LogP contribution in [-0.2, 0) is 0 Å². The maximum Gasteiger partial charge on any atom is 0.123 e. The molecule has 0 aliphatic carbocycles. The highest BCUT2D eigenvalue weighted by Crippen LogP contribution is 2.21. The predicted molar refractivity (Wildman–Crippen MR) is 72.2 cm³/mol. The Bertz CT molecular complexity index is 396. The molecule has 3 unspecified atom stereocenters. The third kappa shape index (κ3) is 4.00. The molecule has 0 bridgehead atoms. The number of aliphatic hydroxyl groups excluding tert-OH is 2. The van der Waals surface area contributed by atoms with Crippen molar-refractivity contribution in [1.82, 2.24) is 4.90 Å². The summed E-state index contributed by atoms with van der Waals surface area (Å²) in [6.45, 7) is 4.46. The average molecular weight is 267 g/mol. The van der Waals surface area contributed by atoms with Gasteiger partial charge in [0.2, 0.25) is 0 Å². The number of benzene rings is 1. The molecular weight excluding hydrogens is 245 g/mol. The van der Waals surface area contributed by atoms with Gasteiger partial charge in [0.25, 0.3) is 0 Å². The number of likely N-dealkylation sites (tertiary alicyclic amines) is 1. The second-order valence-electron chi connectivity index (χ2n) is 5.49. The minimum Gasteiger partial charge on any atom is -0.392 e. The van der Waals surface area contributed by atoms with Crippen LogP contribution in [-0.4, -0.2) is 40.9 Å². The summed E-state index contributed by atoms with van der Waals surface area (Å²) in [5.74, 6) is 0.0716. The first-order chi connectivity index (χ1) is 9.06. The first kappa shape index (κ1) is 14.4. The molecule has 3 nitrogen and oxygen atoms in total. The molecule has 4 heteroatoms. The van der Waals surface area contributed by atoms with Gasteiger partial charge in [-0.25, -0.2) is 4.39 Å². The molecule has 1 aromatic rings. The van der Waals surface area contributed by atoms with Crippen molar-refractivity contribution in [3.63, 3.8) is 0 Å². The van der Waals surface area contributed by atoms with Crippen LogP contribution < -0.4 is 0 Å². The molecule has 0 aromatic heterocycles. The Labute approximate surface area is 113 Å². The minimum absolute atomic E-state index is 0.267. The van der Waals surface area contributed by atoms with E-state index in [1.807, 2.05) is 0 Å². The molecule has 1 fully saturated rings. The Morgan fingerprint density at radius 3 is 2.68 bits per heavy atom. The Hall–Kier alpha value is -0.970. The number of rotatable bonds is 4. The fourth-order valence-corrected chi connectivity index (χ4v) is 2.47. The van der Waals surface area contributed by atoms with Crippen molar-refractivity contribution >= 4 is 0 Å². The Balaban J connectivity index is 1.80. The molecule has 1 aliphatic rings. The van der Waals surface area contributed by atoms with E-state index in [4.69, 9.17) is 0 Å². The van der Waals surface area contributed by atoms with Crippen LogP contribution >= 0.6 is 0 Å². The lowest BCUT2D eigenvalue weighted by molar-refractivity contribution is 0.0226. The van der Waals surface area contributed by atoms with Crippen LogP contribution in [0.15, 0.2) is 24.3 Å². The summed E-state index contributed by atoms with van der Waals surface area (Å²) in [7, 11) is 0. The van der Waals surface area contributed by atoms with Crippen molar-refractivity contribution in [2.24, 2.45) is 5.92 Å². The number of β-amino-alcohol motifs (C(OH)–C–C–N with tert-alkyl or cyclic N) is 1. The van der Waals surface area contributed by atoms with Crippen LogP contribution in [0.3, 0.4) is 0 Å². The van der Waals surface area contributed by atoms with Crippen LogP contribution in [0.5, 0.6) is 0 Å². The van der Waals surface area contributed by atoms with E-state index < -0.39 is 6.10 Å². The third-order valence-electron chi connectivity index (χ3n) is 3.98. The van der Waals surface area contributed by atoms with Crippen molar-refractivity contribution in [3.05, 3.63) is 35.6 Å². The minimum atomic E-state index is -0.572. The summed E-state index contributed by atoms with van der Waals surface area (Å²) >= 11 is 0. The van der Waals surface area contributed by atoms with Crippen molar-refractivity contribution in [2.75, 3.05) is 19.6 Å². The van der Waals surface area contributed by atoms with E-state index in [0.717, 1.165) is 25.1 Å². The van der Waals surface area contributed by atoms with E-state index in [1.54, 1.807) is 12.1 Å². The Kier molecular flexibility index (Phi) is 4.91. The van der Waals surface area contributed by atoms with Gasteiger partial charge in [0, 0.05) is 13.1 Å². The van der Waals surface area contributed by atoms with Crippen LogP contribution in [0.4, 0.5) is 4.39 Å². The number of halogens is 1. The Morgan fingerprint density at radius 2 is 2.05 bits per heavy atom. The lowest BCUT2D eigenvalue weighted by Gasteiger charge is -2.34. The number of piperidine rings is 1. The highest BCUT2D eigenvalue weighted by atomic mass is 19.1. The first-order valence-electron chi connectivity index (χ1n) is 6.90. The normalized spacial score (nSPS) is 26.3. The van der Waals surface area contributed by atoms with Gasteiger partial charge in [-0.3, -0.25) is 0 Å². The topological polar surface area (TPSA) is 43.7 Å². The van der Waals surface area contributed by atoms with Gasteiger partial charge in [-0.1, -0.05) is 19.1 Å². The van der Waals surface area contributed by atoms with E-state index in [9.17, 15) is 14.6 Å². The van der Waals surface area contributed by atoms with Gasteiger partial charge in [-0.15, -0.1) is 0 Å². The summed E-state index contributed by atoms with van der Waals surface area (Å²) in [6, 6.07) is 5.97. The van der Waals surface area contributed by atoms with Gasteiger partial charge in [0.15, 0.2) is 0 Å². The molecule has 3 atom stereocenters. The van der Waals surface area contributed by atoms with Gasteiger partial charge in [-0.05, 0) is 43.0 Å². The van der Waals surface area contributed by atoms with E-state index in [1.165, 1.54) is 12.1 Å². The van der Waals surface area contributed by atoms with E-state index in [2.05, 4.69) is 11.8 Å². The van der Waals surface area contributed by atoms with Gasteiger partial charge in [0.1, 0.15) is 5.82 Å². The van der Waals surface area contributed by atoms with Crippen LogP contribution in [0.25, 0.3) is 0 Å². The zero-order valence-corrected chi connectivity index (χ0v) is 11.3. The highest BCUT2D eigenvalue weighted by Gasteiger charge is 2.24. The molecule has 2 N–H and O–H groups in total. The second kappa shape index (κ2) is 6.46. The van der Waals surface area contributed by atoms with Crippen LogP contribution in [0.2, 0.25) is 0 Å². The van der Waals surface area contributed by atoms with Crippen molar-refractivity contribution in [3.8, 4) is 0 Å². The molecule has 1 heterocycles. The van der Waals surface area contributed by atoms with Gasteiger partial charge in [0.05, 0.1) is 12.2 Å². The molecule has 1 aliphatic heterocycles. The molecule has 0 radical (unpaired) electrons. The predicted octanol–water partition coefficient (Wildman–Crippen LogP) is 1.95. The molecule has 1 saturated heterocycles. The molecule has 0 amide bonds. The van der Waals surface area contributed by atoms with E-state index in [-0.39, 0.29) is 11.9 Å². The molecule has 0 saturated carbocycles. The number of nitrogens with zero attached hydrogens (tertiary/aromatic N) is 1. The highest BCUT2D eigenvalue weighted by molar-refractivity contribution is 5.18. The third-order valence-corrected chi connectivity index (χ3v) is 3.98. The molecule has 2 rings (SSSR count). The molecular formula is C15H22FNO2. The standard InChI is InChI=1S/C15H22FNO2/c1-11-6-8-17(10-15(11)19)9-7-14(18)12-2-4-13(16)5-3-12/h2-5,11,14-15,18-19H,6-10H2,1H3. The Morgan fingerprint density at radius 1 is 1.37 bits per heavy atom. The van der Waals surface area contributed by atoms with Gasteiger partial charge >= 0.3 is 0 Å². The largest absolute Gasteiger partial charge is 0.392 e. The monoisotopic (exact) mass is 267 g/mol. The average Bonchev–Trinajstić information content (AvgIpc) is 2.40. The smallest absolute Gasteiger partial charge is 0.123 e. The van der Waals surface area contributed by atoms with Gasteiger partial charge in [-0.2, -0.15) is 0 Å². The summed E-state index contributed by atoms with van der Waals surface area (Å²) in [5, 5.41) is 19.9. The summed E-state index contributed by atoms with van der Waals surface area (Å²) < 4.78 is 12.8. The van der Waals surface area contributed by atoms with Crippen molar-refractivity contribution < 1.29 is 14.6 Å². The van der Waals surface area contributed by atoms with Crippen molar-refractivity contribution in [1.29, 1.82) is 0 Å². The van der Waals surface area contributed by atoms with E-state index >= 15 is 0 Å². The summed E-state index contributed by atoms with van der Waals surface area (Å²) in [6.07, 6.45) is 0.759. The number of hydrogen-bond donors (Lipinski definition) is 2. The fourth-order valence-electron chi connectivity index (χ4n) is 2.47. The molecule has 1 aromatic carbocycles. The SMILES string of the molecule is CC1CCN(CCC(O)c2ccc(F)cc2)CC1O. The maximum atomic E-state index is 12.8. The van der Waals surface area contributed by atoms with Gasteiger partial charge < -0.3 is 15.1 Å². The fraction of sp³-hybridized carbons (Fsp3) is 0.600. The molecule has 106 valence electrons. The van der Waals surface area contributed by atoms with Crippen LogP contribution in [0.1, 0.15) is 31.4 Å². The zero-order chi connectivity index (χ0) is 13.8.